The second-order valence-electron chi connectivity index (χ2n) is 4.49. The Balaban J connectivity index is 2.18. The van der Waals surface area contributed by atoms with Crippen molar-refractivity contribution in [2.24, 2.45) is 0 Å². The van der Waals surface area contributed by atoms with E-state index in [0.717, 1.165) is 0 Å². The molecule has 0 spiro atoms. The smallest absolute Gasteiger partial charge is 0.235 e. The van der Waals surface area contributed by atoms with Crippen LogP contribution in [0.1, 0.15) is 12.0 Å². The van der Waals surface area contributed by atoms with E-state index in [2.05, 4.69) is 5.32 Å². The van der Waals surface area contributed by atoms with Crippen molar-refractivity contribution in [2.75, 3.05) is 25.4 Å². The van der Waals surface area contributed by atoms with Crippen molar-refractivity contribution in [3.63, 3.8) is 0 Å². The highest BCUT2D eigenvalue weighted by molar-refractivity contribution is 7.88. The van der Waals surface area contributed by atoms with Crippen molar-refractivity contribution in [1.29, 1.82) is 0 Å². The lowest BCUT2D eigenvalue weighted by Gasteiger charge is -2.19. The number of nitrogens with one attached hydrogen (secondary N) is 1. The summed E-state index contributed by atoms with van der Waals surface area (Å²) in [5, 5.41) is 2.65. The first-order chi connectivity index (χ1) is 8.99. The standard InChI is InChI=1S/C12H17N3O3S/c13-11-5-2-1-4-10(11)9-19(17,18)15-7-3-6-14-12(16)8-15/h1-2,4-5H,3,6-9,13H2,(H,14,16). The Labute approximate surface area is 112 Å². The van der Waals surface area contributed by atoms with E-state index in [9.17, 15) is 13.2 Å². The summed E-state index contributed by atoms with van der Waals surface area (Å²) in [5.74, 6) is -0.436. The summed E-state index contributed by atoms with van der Waals surface area (Å²) in [6.45, 7) is 0.751. The highest BCUT2D eigenvalue weighted by Crippen LogP contribution is 2.17. The van der Waals surface area contributed by atoms with Gasteiger partial charge >= 0.3 is 0 Å². The number of hydrogen-bond donors (Lipinski definition) is 2. The van der Waals surface area contributed by atoms with Gasteiger partial charge in [0.1, 0.15) is 0 Å². The summed E-state index contributed by atoms with van der Waals surface area (Å²) in [6.07, 6.45) is 0.620. The van der Waals surface area contributed by atoms with Crippen LogP contribution in [0.3, 0.4) is 0 Å². The molecule has 1 aliphatic rings. The molecule has 0 atom stereocenters. The lowest BCUT2D eigenvalue weighted by atomic mass is 10.2. The topological polar surface area (TPSA) is 92.5 Å². The van der Waals surface area contributed by atoms with Crippen LogP contribution >= 0.6 is 0 Å². The third-order valence-electron chi connectivity index (χ3n) is 3.01. The van der Waals surface area contributed by atoms with Crippen molar-refractivity contribution in [1.82, 2.24) is 9.62 Å². The van der Waals surface area contributed by atoms with Crippen molar-refractivity contribution in [3.05, 3.63) is 29.8 Å². The minimum Gasteiger partial charge on any atom is -0.398 e. The van der Waals surface area contributed by atoms with E-state index in [4.69, 9.17) is 5.73 Å². The summed E-state index contributed by atoms with van der Waals surface area (Å²) in [6, 6.07) is 6.85. The maximum absolute atomic E-state index is 12.3. The van der Waals surface area contributed by atoms with E-state index < -0.39 is 10.0 Å². The molecule has 1 aliphatic heterocycles. The zero-order valence-electron chi connectivity index (χ0n) is 10.5. The highest BCUT2D eigenvalue weighted by atomic mass is 32.2. The average molecular weight is 283 g/mol. The summed E-state index contributed by atoms with van der Waals surface area (Å²) in [5.41, 5.74) is 6.76. The number of carbonyl (C=O) groups is 1. The monoisotopic (exact) mass is 283 g/mol. The minimum atomic E-state index is -3.52. The molecule has 1 amide bonds. The van der Waals surface area contributed by atoms with Gasteiger partial charge in [0, 0.05) is 18.8 Å². The lowest BCUT2D eigenvalue weighted by Crippen LogP contribution is -2.38. The first kappa shape index (κ1) is 13.8. The van der Waals surface area contributed by atoms with Crippen LogP contribution < -0.4 is 11.1 Å². The zero-order chi connectivity index (χ0) is 13.9. The van der Waals surface area contributed by atoms with Gasteiger partial charge in [-0.15, -0.1) is 0 Å². The van der Waals surface area contributed by atoms with E-state index in [1.165, 1.54) is 4.31 Å². The Morgan fingerprint density at radius 1 is 1.32 bits per heavy atom. The molecule has 0 aromatic heterocycles. The van der Waals surface area contributed by atoms with Crippen LogP contribution in [-0.2, 0) is 20.6 Å². The number of nitrogens with two attached hydrogens (primary N) is 1. The molecule has 3 N–H and O–H groups in total. The summed E-state index contributed by atoms with van der Waals surface area (Å²) >= 11 is 0. The first-order valence-electron chi connectivity index (χ1n) is 6.07. The molecular weight excluding hydrogens is 266 g/mol. The molecule has 0 radical (unpaired) electrons. The van der Waals surface area contributed by atoms with Crippen molar-refractivity contribution < 1.29 is 13.2 Å². The van der Waals surface area contributed by atoms with Crippen LogP contribution in [0.4, 0.5) is 5.69 Å². The van der Waals surface area contributed by atoms with Gasteiger partial charge in [-0.3, -0.25) is 4.79 Å². The number of anilines is 1. The van der Waals surface area contributed by atoms with E-state index in [-0.39, 0.29) is 18.2 Å². The van der Waals surface area contributed by atoms with Gasteiger partial charge in [-0.05, 0) is 18.1 Å². The van der Waals surface area contributed by atoms with Crippen molar-refractivity contribution >= 4 is 21.6 Å². The molecule has 0 unspecified atom stereocenters. The molecule has 2 rings (SSSR count). The number of rotatable bonds is 3. The van der Waals surface area contributed by atoms with Crippen LogP contribution in [0.15, 0.2) is 24.3 Å². The van der Waals surface area contributed by atoms with Gasteiger partial charge < -0.3 is 11.1 Å². The molecule has 19 heavy (non-hydrogen) atoms. The number of nitrogen functional groups attached to an aromatic ring is 1. The molecule has 0 bridgehead atoms. The van der Waals surface area contributed by atoms with E-state index in [1.807, 2.05) is 0 Å². The lowest BCUT2D eigenvalue weighted by molar-refractivity contribution is -0.120. The van der Waals surface area contributed by atoms with Crippen LogP contribution in [-0.4, -0.2) is 38.3 Å². The normalized spacial score (nSPS) is 17.8. The molecule has 0 aliphatic carbocycles. The van der Waals surface area contributed by atoms with Gasteiger partial charge in [0.05, 0.1) is 12.3 Å². The zero-order valence-corrected chi connectivity index (χ0v) is 11.3. The molecular formula is C12H17N3O3S. The number of nitrogens with zero attached hydrogens (tertiary/aromatic N) is 1. The number of benzene rings is 1. The fourth-order valence-corrected chi connectivity index (χ4v) is 3.53. The summed E-state index contributed by atoms with van der Waals surface area (Å²) < 4.78 is 25.8. The van der Waals surface area contributed by atoms with Crippen LogP contribution in [0.5, 0.6) is 0 Å². The first-order valence-corrected chi connectivity index (χ1v) is 7.68. The second-order valence-corrected chi connectivity index (χ2v) is 6.46. The maximum Gasteiger partial charge on any atom is 0.235 e. The van der Waals surface area contributed by atoms with Gasteiger partial charge in [-0.1, -0.05) is 18.2 Å². The third kappa shape index (κ3) is 3.45. The van der Waals surface area contributed by atoms with E-state index in [0.29, 0.717) is 30.8 Å². The minimum absolute atomic E-state index is 0.116. The van der Waals surface area contributed by atoms with Gasteiger partial charge in [-0.2, -0.15) is 4.31 Å². The van der Waals surface area contributed by atoms with Crippen LogP contribution in [0.25, 0.3) is 0 Å². The summed E-state index contributed by atoms with van der Waals surface area (Å²) in [4.78, 5) is 11.4. The van der Waals surface area contributed by atoms with Gasteiger partial charge in [0.15, 0.2) is 0 Å². The molecule has 1 aromatic rings. The number of sulfonamides is 1. The SMILES string of the molecule is Nc1ccccc1CS(=O)(=O)N1CCCNC(=O)C1. The number of carbonyl (C=O) groups excluding carboxylic acids is 1. The maximum atomic E-state index is 12.3. The molecule has 1 heterocycles. The fourth-order valence-electron chi connectivity index (χ4n) is 1.97. The Kier molecular flexibility index (Phi) is 4.06. The molecule has 104 valence electrons. The molecule has 1 saturated heterocycles. The van der Waals surface area contributed by atoms with E-state index >= 15 is 0 Å². The molecule has 6 nitrogen and oxygen atoms in total. The molecule has 7 heteroatoms. The quantitative estimate of drug-likeness (QED) is 0.759. The Hall–Kier alpha value is -1.60. The summed E-state index contributed by atoms with van der Waals surface area (Å²) in [7, 11) is -3.52. The van der Waals surface area contributed by atoms with Crippen LogP contribution in [0.2, 0.25) is 0 Å². The largest absolute Gasteiger partial charge is 0.398 e. The van der Waals surface area contributed by atoms with Crippen LogP contribution in [0, 0.1) is 0 Å². The number of amides is 1. The molecule has 1 fully saturated rings. The Morgan fingerprint density at radius 2 is 2.05 bits per heavy atom. The number of para-hydroxylation sites is 1. The van der Waals surface area contributed by atoms with Crippen molar-refractivity contribution in [3.8, 4) is 0 Å². The van der Waals surface area contributed by atoms with E-state index in [1.54, 1.807) is 24.3 Å². The second kappa shape index (κ2) is 5.58. The van der Waals surface area contributed by atoms with Gasteiger partial charge in [0.25, 0.3) is 0 Å². The van der Waals surface area contributed by atoms with Crippen molar-refractivity contribution in [2.45, 2.75) is 12.2 Å². The Bertz CT molecular complexity index is 571. The molecule has 1 aromatic carbocycles. The predicted octanol–water partition coefficient (Wildman–Crippen LogP) is -0.0795. The highest BCUT2D eigenvalue weighted by Gasteiger charge is 2.26. The third-order valence-corrected chi connectivity index (χ3v) is 4.79. The predicted molar refractivity (Wildman–Crippen MR) is 72.7 cm³/mol. The average Bonchev–Trinajstić information content (AvgIpc) is 2.57. The fraction of sp³-hybridized carbons (Fsp3) is 0.417. The number of hydrogen-bond acceptors (Lipinski definition) is 4. The van der Waals surface area contributed by atoms with Gasteiger partial charge in [0.2, 0.25) is 15.9 Å². The molecule has 0 saturated carbocycles. The van der Waals surface area contributed by atoms with Gasteiger partial charge in [-0.25, -0.2) is 8.42 Å². The Morgan fingerprint density at radius 3 is 2.79 bits per heavy atom.